The van der Waals surface area contributed by atoms with Gasteiger partial charge in [-0.3, -0.25) is 9.68 Å². The molecule has 0 saturated carbocycles. The van der Waals surface area contributed by atoms with Gasteiger partial charge in [0.15, 0.2) is 0 Å². The molecule has 2 rings (SSSR count). The van der Waals surface area contributed by atoms with Crippen LogP contribution in [0.1, 0.15) is 6.42 Å². The van der Waals surface area contributed by atoms with Gasteiger partial charge >= 0.3 is 0 Å². The summed E-state index contributed by atoms with van der Waals surface area (Å²) in [7, 11) is 0. The second-order valence-electron chi connectivity index (χ2n) is 2.25. The van der Waals surface area contributed by atoms with Crippen LogP contribution in [0.2, 0.25) is 0 Å². The Labute approximate surface area is 59.5 Å². The minimum atomic E-state index is 0.653. The van der Waals surface area contributed by atoms with E-state index in [9.17, 15) is 0 Å². The van der Waals surface area contributed by atoms with Crippen molar-refractivity contribution in [2.24, 2.45) is 0 Å². The normalized spacial score (nSPS) is 26.6. The quantitative estimate of drug-likeness (QED) is 0.525. The molecule has 2 aliphatic heterocycles. The highest BCUT2D eigenvalue weighted by Gasteiger charge is 2.20. The number of rotatable bonds is 1. The predicted molar refractivity (Wildman–Crippen MR) is 34.2 cm³/mol. The van der Waals surface area contributed by atoms with Gasteiger partial charge in [0.2, 0.25) is 0 Å². The Morgan fingerprint density at radius 2 is 2.30 bits per heavy atom. The predicted octanol–water partition coefficient (Wildman–Crippen LogP) is 0.300. The first-order valence-electron chi connectivity index (χ1n) is 3.46. The molecule has 10 heavy (non-hydrogen) atoms. The van der Waals surface area contributed by atoms with E-state index in [1.54, 1.807) is 10.3 Å². The molecule has 4 heteroatoms. The highest BCUT2D eigenvalue weighted by molar-refractivity contribution is 4.82. The molecular weight excluding hydrogens is 132 g/mol. The topological polar surface area (TPSA) is 24.9 Å². The number of hydroxylamine groups is 2. The van der Waals surface area contributed by atoms with Crippen LogP contribution in [-0.2, 0) is 9.68 Å². The molecule has 4 nitrogen and oxygen atoms in total. The van der Waals surface area contributed by atoms with Crippen molar-refractivity contribution in [2.45, 2.75) is 6.42 Å². The van der Waals surface area contributed by atoms with Gasteiger partial charge in [0, 0.05) is 6.20 Å². The molecule has 1 fully saturated rings. The lowest BCUT2D eigenvalue weighted by Crippen LogP contribution is -2.33. The number of nitrogens with zero attached hydrogens (tertiary/aromatic N) is 2. The van der Waals surface area contributed by atoms with E-state index in [0.29, 0.717) is 6.61 Å². The highest BCUT2D eigenvalue weighted by atomic mass is 16.8. The summed E-state index contributed by atoms with van der Waals surface area (Å²) >= 11 is 0. The second kappa shape index (κ2) is 2.57. The average molecular weight is 142 g/mol. The molecule has 0 bridgehead atoms. The molecule has 0 spiro atoms. The Bertz CT molecular complexity index is 143. The van der Waals surface area contributed by atoms with Crippen LogP contribution in [-0.4, -0.2) is 30.1 Å². The SMILES string of the molecule is C1=CN(N2CCCO2)OC1. The summed E-state index contributed by atoms with van der Waals surface area (Å²) < 4.78 is 0. The van der Waals surface area contributed by atoms with Crippen molar-refractivity contribution < 1.29 is 9.68 Å². The van der Waals surface area contributed by atoms with E-state index in [-0.39, 0.29) is 0 Å². The Balaban J connectivity index is 1.91. The molecule has 0 aliphatic carbocycles. The van der Waals surface area contributed by atoms with Gasteiger partial charge in [0.1, 0.15) is 0 Å². The van der Waals surface area contributed by atoms with Gasteiger partial charge < -0.3 is 0 Å². The Hall–Kier alpha value is -0.580. The minimum Gasteiger partial charge on any atom is -0.277 e. The molecule has 0 N–H and O–H groups in total. The van der Waals surface area contributed by atoms with Crippen LogP contribution in [0.25, 0.3) is 0 Å². The molecule has 0 radical (unpaired) electrons. The first-order chi connectivity index (χ1) is 4.97. The maximum atomic E-state index is 5.22. The van der Waals surface area contributed by atoms with Gasteiger partial charge in [-0.15, -0.1) is 0 Å². The van der Waals surface area contributed by atoms with Crippen LogP contribution in [0.5, 0.6) is 0 Å². The summed E-state index contributed by atoms with van der Waals surface area (Å²) in [6.07, 6.45) is 4.89. The third-order valence-electron chi connectivity index (χ3n) is 1.49. The summed E-state index contributed by atoms with van der Waals surface area (Å²) in [5, 5.41) is 3.36. The molecule has 2 heterocycles. The molecule has 0 aromatic carbocycles. The highest BCUT2D eigenvalue weighted by Crippen LogP contribution is 2.12. The molecule has 0 aromatic heterocycles. The Morgan fingerprint density at radius 3 is 2.90 bits per heavy atom. The molecule has 0 atom stereocenters. The van der Waals surface area contributed by atoms with Crippen molar-refractivity contribution in [1.82, 2.24) is 10.3 Å². The molecule has 0 amide bonds. The Morgan fingerprint density at radius 1 is 1.30 bits per heavy atom. The summed E-state index contributed by atoms with van der Waals surface area (Å²) in [6.45, 7) is 2.37. The van der Waals surface area contributed by atoms with Crippen LogP contribution in [0, 0.1) is 0 Å². The van der Waals surface area contributed by atoms with Crippen LogP contribution in [0.15, 0.2) is 12.3 Å². The van der Waals surface area contributed by atoms with Crippen molar-refractivity contribution in [3.05, 3.63) is 12.3 Å². The fourth-order valence-electron chi connectivity index (χ4n) is 1.02. The van der Waals surface area contributed by atoms with Crippen molar-refractivity contribution in [1.29, 1.82) is 0 Å². The molecule has 0 unspecified atom stereocenters. The maximum absolute atomic E-state index is 5.22. The van der Waals surface area contributed by atoms with Crippen molar-refractivity contribution in [2.75, 3.05) is 19.8 Å². The third-order valence-corrected chi connectivity index (χ3v) is 1.49. The maximum Gasteiger partial charge on any atom is 0.0966 e. The second-order valence-corrected chi connectivity index (χ2v) is 2.25. The average Bonchev–Trinajstić information content (AvgIpc) is 2.59. The molecule has 0 aromatic rings. The van der Waals surface area contributed by atoms with Crippen LogP contribution in [0.4, 0.5) is 0 Å². The van der Waals surface area contributed by atoms with Crippen molar-refractivity contribution >= 4 is 0 Å². The molecule has 1 saturated heterocycles. The fourth-order valence-corrected chi connectivity index (χ4v) is 1.02. The van der Waals surface area contributed by atoms with E-state index >= 15 is 0 Å². The van der Waals surface area contributed by atoms with E-state index in [0.717, 1.165) is 19.6 Å². The zero-order valence-electron chi connectivity index (χ0n) is 5.69. The van der Waals surface area contributed by atoms with E-state index in [1.807, 2.05) is 12.3 Å². The summed E-state index contributed by atoms with van der Waals surface area (Å²) in [5.41, 5.74) is 0. The summed E-state index contributed by atoms with van der Waals surface area (Å²) in [6, 6.07) is 0. The van der Waals surface area contributed by atoms with E-state index in [1.165, 1.54) is 0 Å². The first-order valence-corrected chi connectivity index (χ1v) is 3.46. The van der Waals surface area contributed by atoms with Gasteiger partial charge in [-0.1, -0.05) is 5.17 Å². The van der Waals surface area contributed by atoms with Gasteiger partial charge in [-0.25, -0.2) is 0 Å². The van der Waals surface area contributed by atoms with Crippen LogP contribution >= 0.6 is 0 Å². The zero-order chi connectivity index (χ0) is 6.81. The van der Waals surface area contributed by atoms with E-state index < -0.39 is 0 Å². The lowest BCUT2D eigenvalue weighted by atomic mass is 10.5. The van der Waals surface area contributed by atoms with Crippen molar-refractivity contribution in [3.8, 4) is 0 Å². The molecule has 56 valence electrons. The van der Waals surface area contributed by atoms with Crippen LogP contribution in [0.3, 0.4) is 0 Å². The lowest BCUT2D eigenvalue weighted by Gasteiger charge is -2.22. The van der Waals surface area contributed by atoms with Crippen molar-refractivity contribution in [3.63, 3.8) is 0 Å². The number of hydrazine groups is 1. The zero-order valence-corrected chi connectivity index (χ0v) is 5.69. The standard InChI is InChI=1S/C6H10N2O2/c1-3-7(9-5-1)8-4-2-6-10-8/h1,3H,2,4-6H2. The fraction of sp³-hybridized carbons (Fsp3) is 0.667. The van der Waals surface area contributed by atoms with Gasteiger partial charge in [-0.05, 0) is 12.5 Å². The smallest absolute Gasteiger partial charge is 0.0966 e. The summed E-state index contributed by atoms with van der Waals surface area (Å²) in [4.78, 5) is 10.4. The minimum absolute atomic E-state index is 0.653. The lowest BCUT2D eigenvalue weighted by molar-refractivity contribution is -0.350. The van der Waals surface area contributed by atoms with Gasteiger partial charge in [-0.2, -0.15) is 5.17 Å². The van der Waals surface area contributed by atoms with E-state index in [2.05, 4.69) is 0 Å². The summed E-state index contributed by atoms with van der Waals surface area (Å²) in [5.74, 6) is 0. The van der Waals surface area contributed by atoms with Crippen LogP contribution < -0.4 is 0 Å². The van der Waals surface area contributed by atoms with Gasteiger partial charge in [0.05, 0.1) is 19.8 Å². The van der Waals surface area contributed by atoms with E-state index in [4.69, 9.17) is 9.68 Å². The number of hydrogen-bond acceptors (Lipinski definition) is 4. The van der Waals surface area contributed by atoms with Gasteiger partial charge in [0.25, 0.3) is 0 Å². The third kappa shape index (κ3) is 1.01. The molecular formula is C6H10N2O2. The largest absolute Gasteiger partial charge is 0.277 e. The number of hydrogen-bond donors (Lipinski definition) is 0. The Kier molecular flexibility index (Phi) is 1.58. The first kappa shape index (κ1) is 6.15. The monoisotopic (exact) mass is 142 g/mol. The molecule has 2 aliphatic rings.